The van der Waals surface area contributed by atoms with Crippen molar-refractivity contribution in [3.8, 4) is 12.3 Å². The molecule has 0 amide bonds. The summed E-state index contributed by atoms with van der Waals surface area (Å²) in [5, 5.41) is 18.6. The van der Waals surface area contributed by atoms with Crippen molar-refractivity contribution in [2.24, 2.45) is 0 Å². The van der Waals surface area contributed by atoms with Gasteiger partial charge in [0.2, 0.25) is 0 Å². The van der Waals surface area contributed by atoms with Crippen molar-refractivity contribution in [1.29, 1.82) is 0 Å². The van der Waals surface area contributed by atoms with Crippen LogP contribution in [-0.4, -0.2) is 16.3 Å². The molecule has 0 bridgehead atoms. The largest absolute Gasteiger partial charge is 0.390 e. The van der Waals surface area contributed by atoms with Gasteiger partial charge in [-0.2, -0.15) is 0 Å². The second-order valence-electron chi connectivity index (χ2n) is 2.95. The summed E-state index contributed by atoms with van der Waals surface area (Å²) in [5.74, 6) is 2.48. The maximum absolute atomic E-state index is 9.46. The average Bonchev–Trinajstić information content (AvgIpc) is 2.17. The summed E-state index contributed by atoms with van der Waals surface area (Å²) in [6.45, 7) is 1.54. The minimum atomic E-state index is -0.841. The fourth-order valence-electron chi connectivity index (χ4n) is 1.06. The summed E-state index contributed by atoms with van der Waals surface area (Å²) in [6, 6.07) is 6.90. The van der Waals surface area contributed by atoms with Gasteiger partial charge in [-0.15, -0.1) is 6.42 Å². The first-order chi connectivity index (χ1) is 6.15. The lowest BCUT2D eigenvalue weighted by Gasteiger charge is -2.13. The summed E-state index contributed by atoms with van der Waals surface area (Å²) in [4.78, 5) is 0. The Kier molecular flexibility index (Phi) is 3.07. The highest BCUT2D eigenvalue weighted by Crippen LogP contribution is 2.16. The van der Waals surface area contributed by atoms with Gasteiger partial charge in [-0.1, -0.05) is 18.1 Å². The van der Waals surface area contributed by atoms with Crippen molar-refractivity contribution in [3.05, 3.63) is 35.4 Å². The molecule has 0 saturated heterocycles. The first-order valence-corrected chi connectivity index (χ1v) is 4.08. The Labute approximate surface area is 77.8 Å². The lowest BCUT2D eigenvalue weighted by molar-refractivity contribution is 0.0305. The van der Waals surface area contributed by atoms with Gasteiger partial charge in [0.25, 0.3) is 0 Å². The van der Waals surface area contributed by atoms with E-state index in [1.807, 2.05) is 0 Å². The van der Waals surface area contributed by atoms with Gasteiger partial charge in [0.05, 0.1) is 6.10 Å². The molecule has 0 spiro atoms. The summed E-state index contributed by atoms with van der Waals surface area (Å²) in [6.07, 6.45) is 3.57. The molecule has 0 saturated carbocycles. The molecule has 0 heterocycles. The Morgan fingerprint density at radius 2 is 1.77 bits per heavy atom. The van der Waals surface area contributed by atoms with E-state index >= 15 is 0 Å². The number of hydrogen-bond acceptors (Lipinski definition) is 2. The molecule has 0 aliphatic rings. The molecular formula is C11H12O2. The minimum Gasteiger partial charge on any atom is -0.390 e. The number of hydrogen-bond donors (Lipinski definition) is 2. The van der Waals surface area contributed by atoms with E-state index in [4.69, 9.17) is 11.5 Å². The lowest BCUT2D eigenvalue weighted by Crippen LogP contribution is -2.13. The van der Waals surface area contributed by atoms with E-state index < -0.39 is 12.2 Å². The molecule has 1 aromatic carbocycles. The van der Waals surface area contributed by atoms with Crippen LogP contribution in [-0.2, 0) is 0 Å². The van der Waals surface area contributed by atoms with E-state index in [0.717, 1.165) is 5.56 Å². The molecule has 2 nitrogen and oxygen atoms in total. The van der Waals surface area contributed by atoms with Gasteiger partial charge < -0.3 is 10.2 Å². The normalized spacial score (nSPS) is 14.6. The van der Waals surface area contributed by atoms with Crippen LogP contribution in [0.5, 0.6) is 0 Å². The summed E-state index contributed by atoms with van der Waals surface area (Å²) in [7, 11) is 0. The first-order valence-electron chi connectivity index (χ1n) is 4.08. The van der Waals surface area contributed by atoms with E-state index in [9.17, 15) is 5.11 Å². The van der Waals surface area contributed by atoms with Crippen LogP contribution in [0.2, 0.25) is 0 Å². The van der Waals surface area contributed by atoms with Gasteiger partial charge in [0.1, 0.15) is 6.10 Å². The molecule has 0 aliphatic heterocycles. The predicted octanol–water partition coefficient (Wildman–Crippen LogP) is 1.08. The Balaban J connectivity index is 2.87. The molecule has 0 radical (unpaired) electrons. The van der Waals surface area contributed by atoms with Crippen LogP contribution >= 0.6 is 0 Å². The average molecular weight is 176 g/mol. The highest BCUT2D eigenvalue weighted by atomic mass is 16.3. The molecule has 68 valence electrons. The quantitative estimate of drug-likeness (QED) is 0.662. The van der Waals surface area contributed by atoms with E-state index in [0.29, 0.717) is 5.56 Å². The van der Waals surface area contributed by atoms with Crippen LogP contribution in [0.15, 0.2) is 24.3 Å². The van der Waals surface area contributed by atoms with E-state index in [-0.39, 0.29) is 0 Å². The zero-order valence-corrected chi connectivity index (χ0v) is 7.44. The smallest absolute Gasteiger partial charge is 0.105 e. The van der Waals surface area contributed by atoms with Crippen LogP contribution < -0.4 is 0 Å². The predicted molar refractivity (Wildman–Crippen MR) is 51.0 cm³/mol. The third-order valence-electron chi connectivity index (χ3n) is 1.88. The van der Waals surface area contributed by atoms with E-state index in [2.05, 4.69) is 5.92 Å². The van der Waals surface area contributed by atoms with Crippen LogP contribution in [0.25, 0.3) is 0 Å². The molecule has 0 unspecified atom stereocenters. The van der Waals surface area contributed by atoms with Gasteiger partial charge >= 0.3 is 0 Å². The highest BCUT2D eigenvalue weighted by molar-refractivity contribution is 5.34. The number of aliphatic hydroxyl groups is 2. The molecule has 2 heteroatoms. The Morgan fingerprint density at radius 1 is 1.23 bits per heavy atom. The maximum atomic E-state index is 9.46. The van der Waals surface area contributed by atoms with Gasteiger partial charge in [-0.05, 0) is 24.6 Å². The molecule has 2 atom stereocenters. The van der Waals surface area contributed by atoms with Crippen LogP contribution in [0.4, 0.5) is 0 Å². The van der Waals surface area contributed by atoms with Crippen molar-refractivity contribution >= 4 is 0 Å². The zero-order valence-electron chi connectivity index (χ0n) is 7.44. The molecule has 1 aromatic rings. The number of aliphatic hydroxyl groups excluding tert-OH is 2. The Bertz CT molecular complexity index is 306. The van der Waals surface area contributed by atoms with Crippen molar-refractivity contribution in [1.82, 2.24) is 0 Å². The topological polar surface area (TPSA) is 40.5 Å². The van der Waals surface area contributed by atoms with E-state index in [1.165, 1.54) is 0 Å². The SMILES string of the molecule is C#Cc1ccc([C@H](O)[C@@H](C)O)cc1. The highest BCUT2D eigenvalue weighted by Gasteiger charge is 2.12. The van der Waals surface area contributed by atoms with Crippen molar-refractivity contribution in [3.63, 3.8) is 0 Å². The van der Waals surface area contributed by atoms with Crippen molar-refractivity contribution in [2.75, 3.05) is 0 Å². The summed E-state index contributed by atoms with van der Waals surface area (Å²) >= 11 is 0. The monoisotopic (exact) mass is 176 g/mol. The summed E-state index contributed by atoms with van der Waals surface area (Å²) in [5.41, 5.74) is 1.44. The minimum absolute atomic E-state index is 0.675. The molecule has 1 rings (SSSR count). The number of benzene rings is 1. The summed E-state index contributed by atoms with van der Waals surface area (Å²) < 4.78 is 0. The van der Waals surface area contributed by atoms with Crippen molar-refractivity contribution < 1.29 is 10.2 Å². The van der Waals surface area contributed by atoms with Crippen molar-refractivity contribution in [2.45, 2.75) is 19.1 Å². The molecule has 2 N–H and O–H groups in total. The Hall–Kier alpha value is -1.30. The van der Waals surface area contributed by atoms with Gasteiger partial charge in [0.15, 0.2) is 0 Å². The Morgan fingerprint density at radius 3 is 2.15 bits per heavy atom. The van der Waals surface area contributed by atoms with Crippen LogP contribution in [0, 0.1) is 12.3 Å². The third kappa shape index (κ3) is 2.32. The molecular weight excluding hydrogens is 164 g/mol. The molecule has 13 heavy (non-hydrogen) atoms. The standard InChI is InChI=1S/C11H12O2/c1-3-9-4-6-10(7-5-9)11(13)8(2)12/h1,4-8,11-13H,2H3/t8-,11-/m1/s1. The number of rotatable bonds is 2. The second-order valence-corrected chi connectivity index (χ2v) is 2.95. The van der Waals surface area contributed by atoms with Crippen LogP contribution in [0.3, 0.4) is 0 Å². The molecule has 0 aliphatic carbocycles. The first kappa shape index (κ1) is 9.79. The molecule has 0 fully saturated rings. The lowest BCUT2D eigenvalue weighted by atomic mass is 10.0. The number of terminal acetylenes is 1. The van der Waals surface area contributed by atoms with Gasteiger partial charge in [-0.3, -0.25) is 0 Å². The van der Waals surface area contributed by atoms with Gasteiger partial charge in [0, 0.05) is 5.56 Å². The third-order valence-corrected chi connectivity index (χ3v) is 1.88. The van der Waals surface area contributed by atoms with E-state index in [1.54, 1.807) is 31.2 Å². The maximum Gasteiger partial charge on any atom is 0.105 e. The fraction of sp³-hybridized carbons (Fsp3) is 0.273. The van der Waals surface area contributed by atoms with Crippen LogP contribution in [0.1, 0.15) is 24.2 Å². The second kappa shape index (κ2) is 4.08. The fourth-order valence-corrected chi connectivity index (χ4v) is 1.06. The zero-order chi connectivity index (χ0) is 9.84. The molecule has 0 aromatic heterocycles. The van der Waals surface area contributed by atoms with Gasteiger partial charge in [-0.25, -0.2) is 0 Å².